The molecule has 2 nitrogen and oxygen atoms in total. The number of aliphatic hydroxyl groups excluding tert-OH is 1. The Kier molecular flexibility index (Phi) is 2.93. The highest BCUT2D eigenvalue weighted by atomic mass is 16.5. The molecule has 19 heavy (non-hydrogen) atoms. The lowest BCUT2D eigenvalue weighted by molar-refractivity contribution is -0.0835. The second kappa shape index (κ2) is 4.08. The van der Waals surface area contributed by atoms with Crippen LogP contribution in [0.1, 0.15) is 53.9 Å². The molecule has 3 rings (SSSR count). The van der Waals surface area contributed by atoms with Gasteiger partial charge in [0.2, 0.25) is 0 Å². The number of hydrogen-bond donors (Lipinski definition) is 1. The third-order valence-electron chi connectivity index (χ3n) is 5.41. The van der Waals surface area contributed by atoms with E-state index in [0.717, 1.165) is 12.8 Å². The third kappa shape index (κ3) is 2.17. The summed E-state index contributed by atoms with van der Waals surface area (Å²) >= 11 is 0. The standard InChI is InChI=1S/C17H28O2/c1-10-6-11-7-12-8-17(5,9-13(10)18)14(11)15(12)19-16(2,3)4/h7,10,12-15,18H,6,8-9H2,1-5H3/t10-,12+,13-,14-,15+,17-/m0/s1. The average Bonchev–Trinajstić information content (AvgIpc) is 2.63. The van der Waals surface area contributed by atoms with Gasteiger partial charge in [0.05, 0.1) is 17.8 Å². The zero-order chi connectivity index (χ0) is 14.0. The van der Waals surface area contributed by atoms with Gasteiger partial charge in [0.15, 0.2) is 0 Å². The second-order valence-corrected chi connectivity index (χ2v) is 8.39. The minimum atomic E-state index is -0.148. The summed E-state index contributed by atoms with van der Waals surface area (Å²) in [5.74, 6) is 1.50. The van der Waals surface area contributed by atoms with Crippen LogP contribution in [0.3, 0.4) is 0 Å². The van der Waals surface area contributed by atoms with Crippen molar-refractivity contribution in [3.8, 4) is 0 Å². The predicted molar refractivity (Wildman–Crippen MR) is 76.8 cm³/mol. The van der Waals surface area contributed by atoms with E-state index < -0.39 is 0 Å². The van der Waals surface area contributed by atoms with E-state index in [1.54, 1.807) is 5.57 Å². The summed E-state index contributed by atoms with van der Waals surface area (Å²) < 4.78 is 6.38. The Hall–Kier alpha value is -0.340. The summed E-state index contributed by atoms with van der Waals surface area (Å²) in [4.78, 5) is 0. The van der Waals surface area contributed by atoms with Crippen molar-refractivity contribution in [2.45, 2.75) is 71.7 Å². The van der Waals surface area contributed by atoms with E-state index in [4.69, 9.17) is 4.74 Å². The first-order chi connectivity index (χ1) is 8.70. The lowest BCUT2D eigenvalue weighted by atomic mass is 9.72. The summed E-state index contributed by atoms with van der Waals surface area (Å²) in [5.41, 5.74) is 1.74. The molecule has 2 bridgehead atoms. The van der Waals surface area contributed by atoms with E-state index in [1.807, 2.05) is 0 Å². The molecule has 3 aliphatic rings. The summed E-state index contributed by atoms with van der Waals surface area (Å²) in [5, 5.41) is 10.4. The quantitative estimate of drug-likeness (QED) is 0.734. The molecule has 0 aliphatic heterocycles. The fourth-order valence-corrected chi connectivity index (χ4v) is 4.77. The van der Waals surface area contributed by atoms with Gasteiger partial charge >= 0.3 is 0 Å². The fraction of sp³-hybridized carbons (Fsp3) is 0.882. The largest absolute Gasteiger partial charge is 0.393 e. The van der Waals surface area contributed by atoms with Crippen molar-refractivity contribution in [3.63, 3.8) is 0 Å². The molecule has 0 amide bonds. The number of hydrogen-bond acceptors (Lipinski definition) is 2. The van der Waals surface area contributed by atoms with Crippen LogP contribution in [-0.2, 0) is 4.74 Å². The Morgan fingerprint density at radius 3 is 2.63 bits per heavy atom. The number of fused-ring (bicyclic) bond motifs is 1. The molecule has 3 aliphatic carbocycles. The molecule has 0 unspecified atom stereocenters. The van der Waals surface area contributed by atoms with Gasteiger partial charge < -0.3 is 9.84 Å². The van der Waals surface area contributed by atoms with Gasteiger partial charge in [0.25, 0.3) is 0 Å². The number of ether oxygens (including phenoxy) is 1. The molecular weight excluding hydrogens is 236 g/mol. The van der Waals surface area contributed by atoms with Crippen molar-refractivity contribution < 1.29 is 9.84 Å². The Balaban J connectivity index is 1.90. The minimum absolute atomic E-state index is 0.0754. The van der Waals surface area contributed by atoms with Crippen LogP contribution in [0.25, 0.3) is 0 Å². The molecule has 2 heteroatoms. The molecule has 6 atom stereocenters. The first kappa shape index (κ1) is 13.6. The fourth-order valence-electron chi connectivity index (χ4n) is 4.77. The van der Waals surface area contributed by atoms with Crippen LogP contribution in [0.15, 0.2) is 11.6 Å². The van der Waals surface area contributed by atoms with E-state index in [-0.39, 0.29) is 17.1 Å². The maximum absolute atomic E-state index is 10.4. The van der Waals surface area contributed by atoms with E-state index >= 15 is 0 Å². The summed E-state index contributed by atoms with van der Waals surface area (Å²) in [6.07, 6.45) is 5.85. The van der Waals surface area contributed by atoms with Crippen molar-refractivity contribution in [1.82, 2.24) is 0 Å². The van der Waals surface area contributed by atoms with E-state index in [2.05, 4.69) is 40.7 Å². The van der Waals surface area contributed by atoms with Crippen LogP contribution >= 0.6 is 0 Å². The molecule has 0 aromatic carbocycles. The van der Waals surface area contributed by atoms with Crippen LogP contribution in [0.2, 0.25) is 0 Å². The highest BCUT2D eigenvalue weighted by Crippen LogP contribution is 2.62. The van der Waals surface area contributed by atoms with Gasteiger partial charge in [-0.15, -0.1) is 0 Å². The maximum atomic E-state index is 10.4. The SMILES string of the molecule is C[C@H]1CC2=C[C@@H]3C[C@@](C)(C[C@@H]1O)[C@@H]2[C@@H]3OC(C)(C)C. The third-order valence-corrected chi connectivity index (χ3v) is 5.41. The van der Waals surface area contributed by atoms with E-state index in [9.17, 15) is 5.11 Å². The number of rotatable bonds is 1. The van der Waals surface area contributed by atoms with Crippen LogP contribution in [-0.4, -0.2) is 22.9 Å². The predicted octanol–water partition coefficient (Wildman–Crippen LogP) is 3.54. The first-order valence-corrected chi connectivity index (χ1v) is 7.76. The zero-order valence-corrected chi connectivity index (χ0v) is 12.9. The first-order valence-electron chi connectivity index (χ1n) is 7.76. The highest BCUT2D eigenvalue weighted by molar-refractivity contribution is 5.30. The molecule has 0 aromatic rings. The van der Waals surface area contributed by atoms with Crippen molar-refractivity contribution in [1.29, 1.82) is 0 Å². The Morgan fingerprint density at radius 2 is 2.00 bits per heavy atom. The van der Waals surface area contributed by atoms with Crippen molar-refractivity contribution in [2.75, 3.05) is 0 Å². The maximum Gasteiger partial charge on any atom is 0.0715 e. The van der Waals surface area contributed by atoms with E-state index in [1.165, 1.54) is 6.42 Å². The van der Waals surface area contributed by atoms with Crippen LogP contribution in [0, 0.1) is 23.2 Å². The van der Waals surface area contributed by atoms with Crippen LogP contribution in [0.4, 0.5) is 0 Å². The zero-order valence-electron chi connectivity index (χ0n) is 12.9. The van der Waals surface area contributed by atoms with Gasteiger partial charge in [0, 0.05) is 11.8 Å². The summed E-state index contributed by atoms with van der Waals surface area (Å²) in [6, 6.07) is 0. The normalized spacial score (nSPS) is 49.2. The van der Waals surface area contributed by atoms with Crippen LogP contribution < -0.4 is 0 Å². The molecule has 108 valence electrons. The molecule has 2 fully saturated rings. The van der Waals surface area contributed by atoms with Gasteiger partial charge in [-0.2, -0.15) is 0 Å². The highest BCUT2D eigenvalue weighted by Gasteiger charge is 2.58. The second-order valence-electron chi connectivity index (χ2n) is 8.39. The monoisotopic (exact) mass is 264 g/mol. The molecule has 0 aromatic heterocycles. The van der Waals surface area contributed by atoms with Gasteiger partial charge in [-0.25, -0.2) is 0 Å². The summed E-state index contributed by atoms with van der Waals surface area (Å²) in [7, 11) is 0. The smallest absolute Gasteiger partial charge is 0.0715 e. The Morgan fingerprint density at radius 1 is 1.32 bits per heavy atom. The molecule has 0 saturated heterocycles. The van der Waals surface area contributed by atoms with Gasteiger partial charge in [-0.05, 0) is 51.4 Å². The number of aliphatic hydroxyl groups is 1. The van der Waals surface area contributed by atoms with Crippen molar-refractivity contribution in [3.05, 3.63) is 11.6 Å². The molecule has 0 heterocycles. The molecule has 0 radical (unpaired) electrons. The molecular formula is C17H28O2. The molecule has 1 N–H and O–H groups in total. The van der Waals surface area contributed by atoms with Gasteiger partial charge in [0.1, 0.15) is 0 Å². The van der Waals surface area contributed by atoms with Gasteiger partial charge in [-0.1, -0.05) is 25.5 Å². The topological polar surface area (TPSA) is 29.5 Å². The van der Waals surface area contributed by atoms with Crippen molar-refractivity contribution in [2.24, 2.45) is 23.2 Å². The molecule has 2 saturated carbocycles. The Bertz CT molecular complexity index is 406. The average molecular weight is 264 g/mol. The lowest BCUT2D eigenvalue weighted by Gasteiger charge is -2.35. The molecule has 0 spiro atoms. The summed E-state index contributed by atoms with van der Waals surface area (Å²) in [6.45, 7) is 11.0. The van der Waals surface area contributed by atoms with E-state index in [0.29, 0.717) is 23.9 Å². The Labute approximate surface area is 117 Å². The minimum Gasteiger partial charge on any atom is -0.393 e. The van der Waals surface area contributed by atoms with Crippen LogP contribution in [0.5, 0.6) is 0 Å². The van der Waals surface area contributed by atoms with Gasteiger partial charge in [-0.3, -0.25) is 0 Å². The lowest BCUT2D eigenvalue weighted by Crippen LogP contribution is -2.35. The van der Waals surface area contributed by atoms with Crippen molar-refractivity contribution >= 4 is 0 Å².